The number of benzene rings is 3. The third-order valence-corrected chi connectivity index (χ3v) is 9.18. The molecule has 0 radical (unpaired) electrons. The second kappa shape index (κ2) is 9.69. The molecule has 0 aliphatic carbocycles. The predicted molar refractivity (Wildman–Crippen MR) is 151 cm³/mol. The van der Waals surface area contributed by atoms with Crippen molar-refractivity contribution < 1.29 is 14.5 Å². The third kappa shape index (κ3) is 4.14. The fourth-order valence-electron chi connectivity index (χ4n) is 7.20. The number of aryl methyl sites for hydroxylation is 1. The Hall–Kier alpha value is -3.90. The minimum absolute atomic E-state index is 0.0521. The summed E-state index contributed by atoms with van der Waals surface area (Å²) >= 11 is 0. The van der Waals surface area contributed by atoms with Crippen LogP contribution in [0, 0.1) is 6.92 Å². The number of para-hydroxylation sites is 1. The van der Waals surface area contributed by atoms with Gasteiger partial charge in [-0.3, -0.25) is 9.59 Å². The molecule has 6 nitrogen and oxygen atoms in total. The van der Waals surface area contributed by atoms with Gasteiger partial charge in [0.15, 0.2) is 0 Å². The second-order valence-corrected chi connectivity index (χ2v) is 11.5. The highest BCUT2D eigenvalue weighted by Gasteiger charge is 2.50. The van der Waals surface area contributed by atoms with Crippen molar-refractivity contribution >= 4 is 22.7 Å². The Bertz CT molecular complexity index is 1540. The fraction of sp³-hybridized carbons (Fsp3) is 0.333. The highest BCUT2D eigenvalue weighted by molar-refractivity contribution is 5.98. The van der Waals surface area contributed by atoms with E-state index >= 15 is 0 Å². The van der Waals surface area contributed by atoms with Gasteiger partial charge in [-0.1, -0.05) is 72.8 Å². The first-order valence-corrected chi connectivity index (χ1v) is 14.2. The van der Waals surface area contributed by atoms with E-state index in [4.69, 9.17) is 0 Å². The molecule has 2 saturated heterocycles. The van der Waals surface area contributed by atoms with Crippen molar-refractivity contribution in [3.63, 3.8) is 0 Å². The summed E-state index contributed by atoms with van der Waals surface area (Å²) in [5, 5.41) is 1.15. The topological polar surface area (TPSA) is 60.9 Å². The lowest BCUT2D eigenvalue weighted by molar-refractivity contribution is -0.919. The van der Waals surface area contributed by atoms with Crippen molar-refractivity contribution in [3.05, 3.63) is 107 Å². The number of piperazine rings is 1. The van der Waals surface area contributed by atoms with E-state index in [2.05, 4.69) is 72.6 Å². The summed E-state index contributed by atoms with van der Waals surface area (Å²) < 4.78 is 0. The molecule has 3 aliphatic heterocycles. The number of fused-ring (bicyclic) bond motifs is 4. The Morgan fingerprint density at radius 1 is 0.897 bits per heavy atom. The number of amides is 2. The van der Waals surface area contributed by atoms with Crippen molar-refractivity contribution in [1.29, 1.82) is 0 Å². The lowest BCUT2D eigenvalue weighted by Crippen LogP contribution is -3.12. The van der Waals surface area contributed by atoms with E-state index in [9.17, 15) is 9.59 Å². The van der Waals surface area contributed by atoms with Crippen molar-refractivity contribution in [2.24, 2.45) is 0 Å². The molecule has 2 fully saturated rings. The molecule has 2 amide bonds. The number of rotatable bonds is 4. The van der Waals surface area contributed by atoms with Crippen LogP contribution in [-0.2, 0) is 22.6 Å². The standard InChI is InChI=1S/C33H34N4O2/c1-22-9-5-6-12-25(22)32-31-27(26-13-7-8-14-28(26)34-31)19-29-33(39)36(21-30(38)37(29)32)24-15-17-35(18-16-24)20-23-10-3-2-4-11-23/h2-14,24,29,32,34H,15-21H2,1H3/p+1/t29-,32+/m0/s1. The Morgan fingerprint density at radius 2 is 1.62 bits per heavy atom. The van der Waals surface area contributed by atoms with Crippen molar-refractivity contribution in [1.82, 2.24) is 14.8 Å². The van der Waals surface area contributed by atoms with Crippen molar-refractivity contribution in [2.75, 3.05) is 19.6 Å². The molecule has 0 unspecified atom stereocenters. The molecule has 6 heteroatoms. The summed E-state index contributed by atoms with van der Waals surface area (Å²) in [5.74, 6) is 0.164. The number of H-pyrrole nitrogens is 1. The second-order valence-electron chi connectivity index (χ2n) is 11.5. The zero-order valence-electron chi connectivity index (χ0n) is 22.4. The molecule has 39 heavy (non-hydrogen) atoms. The van der Waals surface area contributed by atoms with Gasteiger partial charge in [0.2, 0.25) is 11.8 Å². The predicted octanol–water partition coefficient (Wildman–Crippen LogP) is 3.41. The maximum Gasteiger partial charge on any atom is 0.246 e. The molecule has 4 aromatic rings. The smallest absolute Gasteiger partial charge is 0.246 e. The number of piperidine rings is 1. The summed E-state index contributed by atoms with van der Waals surface area (Å²) in [5.41, 5.74) is 6.85. The molecule has 7 rings (SSSR count). The zero-order valence-corrected chi connectivity index (χ0v) is 22.4. The molecule has 0 bridgehead atoms. The molecule has 3 aromatic carbocycles. The number of nitrogens with one attached hydrogen (secondary N) is 2. The van der Waals surface area contributed by atoms with Crippen LogP contribution < -0.4 is 4.90 Å². The number of hydrogen-bond donors (Lipinski definition) is 2. The highest BCUT2D eigenvalue weighted by Crippen LogP contribution is 2.43. The van der Waals surface area contributed by atoms with Gasteiger partial charge >= 0.3 is 0 Å². The van der Waals surface area contributed by atoms with Crippen LogP contribution in [0.4, 0.5) is 0 Å². The van der Waals surface area contributed by atoms with Gasteiger partial charge in [-0.25, -0.2) is 0 Å². The van der Waals surface area contributed by atoms with Crippen molar-refractivity contribution in [2.45, 2.75) is 50.9 Å². The SMILES string of the molecule is Cc1ccccc1[C@@H]1c2[nH]c3ccccc3c2C[C@H]2C(=O)N(C3CC[NH+](Cc4ccccc4)CC3)CC(=O)N12. The lowest BCUT2D eigenvalue weighted by atomic mass is 9.84. The van der Waals surface area contributed by atoms with Crippen LogP contribution in [-0.4, -0.2) is 58.3 Å². The Balaban J connectivity index is 1.19. The Kier molecular flexibility index (Phi) is 6.00. The van der Waals surface area contributed by atoms with Crippen LogP contribution >= 0.6 is 0 Å². The lowest BCUT2D eigenvalue weighted by Gasteiger charge is -2.49. The van der Waals surface area contributed by atoms with Gasteiger partial charge in [0, 0.05) is 47.5 Å². The van der Waals surface area contributed by atoms with Crippen LogP contribution in [0.3, 0.4) is 0 Å². The number of likely N-dealkylation sites (tertiary alicyclic amines) is 1. The Morgan fingerprint density at radius 3 is 2.41 bits per heavy atom. The molecular weight excluding hydrogens is 484 g/mol. The number of carbonyl (C=O) groups is 2. The summed E-state index contributed by atoms with van der Waals surface area (Å²) in [6.07, 6.45) is 2.43. The summed E-state index contributed by atoms with van der Waals surface area (Å²) in [4.78, 5) is 37.2. The minimum atomic E-state index is -0.475. The normalized spacial score (nSPS) is 25.1. The van der Waals surface area contributed by atoms with E-state index < -0.39 is 6.04 Å². The average molecular weight is 520 g/mol. The van der Waals surface area contributed by atoms with E-state index in [0.717, 1.165) is 60.2 Å². The van der Waals surface area contributed by atoms with Gasteiger partial charge in [0.25, 0.3) is 0 Å². The average Bonchev–Trinajstić information content (AvgIpc) is 3.34. The number of aromatic amines is 1. The summed E-state index contributed by atoms with van der Waals surface area (Å²) in [6, 6.07) is 26.6. The molecule has 0 saturated carbocycles. The quantitative estimate of drug-likeness (QED) is 0.434. The Labute approximate surface area is 229 Å². The fourth-order valence-corrected chi connectivity index (χ4v) is 7.20. The first kappa shape index (κ1) is 24.2. The van der Waals surface area contributed by atoms with Crippen LogP contribution in [0.2, 0.25) is 0 Å². The molecule has 2 atom stereocenters. The van der Waals surface area contributed by atoms with Crippen LogP contribution in [0.25, 0.3) is 10.9 Å². The number of nitrogens with zero attached hydrogens (tertiary/aromatic N) is 2. The highest BCUT2D eigenvalue weighted by atomic mass is 16.2. The van der Waals surface area contributed by atoms with Crippen LogP contribution in [0.15, 0.2) is 78.9 Å². The largest absolute Gasteiger partial charge is 0.356 e. The van der Waals surface area contributed by atoms with Gasteiger partial charge < -0.3 is 19.7 Å². The summed E-state index contributed by atoms with van der Waals surface area (Å²) in [7, 11) is 0. The van der Waals surface area contributed by atoms with Gasteiger partial charge in [-0.15, -0.1) is 0 Å². The van der Waals surface area contributed by atoms with E-state index in [0.29, 0.717) is 6.42 Å². The molecule has 3 aliphatic rings. The van der Waals surface area contributed by atoms with E-state index in [1.807, 2.05) is 28.0 Å². The van der Waals surface area contributed by atoms with Gasteiger partial charge in [0.05, 0.1) is 19.1 Å². The van der Waals surface area contributed by atoms with Crippen LogP contribution in [0.1, 0.15) is 46.8 Å². The maximum atomic E-state index is 14.2. The van der Waals surface area contributed by atoms with E-state index in [1.165, 1.54) is 11.1 Å². The number of quaternary nitrogens is 1. The molecular formula is C33H35N4O2+. The molecule has 0 spiro atoms. The monoisotopic (exact) mass is 519 g/mol. The maximum absolute atomic E-state index is 14.2. The number of carbonyl (C=O) groups excluding carboxylic acids is 2. The van der Waals surface area contributed by atoms with E-state index in [-0.39, 0.29) is 30.4 Å². The number of hydrogen-bond acceptors (Lipinski definition) is 2. The van der Waals surface area contributed by atoms with Gasteiger partial charge in [0.1, 0.15) is 19.1 Å². The van der Waals surface area contributed by atoms with Gasteiger partial charge in [-0.2, -0.15) is 0 Å². The molecule has 4 heterocycles. The van der Waals surface area contributed by atoms with Crippen LogP contribution in [0.5, 0.6) is 0 Å². The summed E-state index contributed by atoms with van der Waals surface area (Å²) in [6.45, 7) is 5.31. The molecule has 2 N–H and O–H groups in total. The zero-order chi connectivity index (χ0) is 26.5. The molecule has 1 aromatic heterocycles. The minimum Gasteiger partial charge on any atom is -0.356 e. The van der Waals surface area contributed by atoms with E-state index in [1.54, 1.807) is 4.90 Å². The van der Waals surface area contributed by atoms with Crippen molar-refractivity contribution in [3.8, 4) is 0 Å². The molecule has 198 valence electrons. The third-order valence-electron chi connectivity index (χ3n) is 9.18. The first-order chi connectivity index (χ1) is 19.1. The first-order valence-electron chi connectivity index (χ1n) is 14.2. The number of aromatic nitrogens is 1. The van der Waals surface area contributed by atoms with Gasteiger partial charge in [-0.05, 0) is 29.7 Å².